The minimum atomic E-state index is -0.0989. The fraction of sp³-hybridized carbons (Fsp3) is 0.333. The minimum absolute atomic E-state index is 0.0989. The first-order valence-corrected chi connectivity index (χ1v) is 7.83. The van der Waals surface area contributed by atoms with Crippen molar-refractivity contribution in [1.29, 1.82) is 0 Å². The predicted octanol–water partition coefficient (Wildman–Crippen LogP) is 2.68. The van der Waals surface area contributed by atoms with Gasteiger partial charge in [-0.15, -0.1) is 0 Å². The molecule has 1 amide bonds. The maximum Gasteiger partial charge on any atom is 0.252 e. The molecule has 0 atom stereocenters. The van der Waals surface area contributed by atoms with Crippen molar-refractivity contribution < 1.29 is 4.79 Å². The summed E-state index contributed by atoms with van der Waals surface area (Å²) >= 11 is 0. The molecule has 0 fully saturated rings. The number of carbonyl (C=O) groups is 1. The number of nitrogens with one attached hydrogen (secondary N) is 2. The fourth-order valence-electron chi connectivity index (χ4n) is 2.07. The summed E-state index contributed by atoms with van der Waals surface area (Å²) < 4.78 is 0. The molecule has 0 bridgehead atoms. The fourth-order valence-corrected chi connectivity index (χ4v) is 2.07. The van der Waals surface area contributed by atoms with Gasteiger partial charge in [-0.05, 0) is 50.3 Å². The number of nitrogens with zero attached hydrogens (tertiary/aromatic N) is 2. The van der Waals surface area contributed by atoms with E-state index in [0.717, 1.165) is 24.5 Å². The van der Waals surface area contributed by atoms with E-state index in [0.29, 0.717) is 12.1 Å². The van der Waals surface area contributed by atoms with Crippen molar-refractivity contribution in [2.75, 3.05) is 32.5 Å². The number of aromatic nitrogens is 1. The van der Waals surface area contributed by atoms with E-state index >= 15 is 0 Å². The molecule has 5 nitrogen and oxygen atoms in total. The van der Waals surface area contributed by atoms with Crippen molar-refractivity contribution in [3.63, 3.8) is 0 Å². The Labute approximate surface area is 137 Å². The molecule has 1 aromatic heterocycles. The SMILES string of the molecule is CCc1ccc(Nc2ccc(C(=O)NCCN(C)C)cn2)cc1. The molecule has 23 heavy (non-hydrogen) atoms. The van der Waals surface area contributed by atoms with Crippen LogP contribution in [0.1, 0.15) is 22.8 Å². The van der Waals surface area contributed by atoms with Gasteiger partial charge in [0.15, 0.2) is 0 Å². The smallest absolute Gasteiger partial charge is 0.252 e. The number of aryl methyl sites for hydroxylation is 1. The van der Waals surface area contributed by atoms with E-state index in [9.17, 15) is 4.79 Å². The van der Waals surface area contributed by atoms with Gasteiger partial charge in [0.05, 0.1) is 5.56 Å². The summed E-state index contributed by atoms with van der Waals surface area (Å²) in [6.45, 7) is 3.56. The minimum Gasteiger partial charge on any atom is -0.351 e. The van der Waals surface area contributed by atoms with Gasteiger partial charge in [0.1, 0.15) is 5.82 Å². The summed E-state index contributed by atoms with van der Waals surface area (Å²) in [5, 5.41) is 6.10. The Balaban J connectivity index is 1.91. The van der Waals surface area contributed by atoms with Crippen LogP contribution in [0.25, 0.3) is 0 Å². The average molecular weight is 312 g/mol. The number of carbonyl (C=O) groups excluding carboxylic acids is 1. The number of likely N-dealkylation sites (N-methyl/N-ethyl adjacent to an activating group) is 1. The van der Waals surface area contributed by atoms with Crippen LogP contribution < -0.4 is 10.6 Å². The van der Waals surface area contributed by atoms with Crippen LogP contribution in [0.15, 0.2) is 42.6 Å². The number of rotatable bonds is 7. The van der Waals surface area contributed by atoms with E-state index in [1.165, 1.54) is 5.56 Å². The van der Waals surface area contributed by atoms with Crippen molar-refractivity contribution in [1.82, 2.24) is 15.2 Å². The summed E-state index contributed by atoms with van der Waals surface area (Å²) in [6, 6.07) is 11.8. The Morgan fingerprint density at radius 2 is 1.87 bits per heavy atom. The van der Waals surface area contributed by atoms with Gasteiger partial charge in [0.2, 0.25) is 0 Å². The summed E-state index contributed by atoms with van der Waals surface area (Å²) in [5.41, 5.74) is 2.85. The zero-order valence-corrected chi connectivity index (χ0v) is 14.0. The maximum absolute atomic E-state index is 12.0. The van der Waals surface area contributed by atoms with Crippen molar-refractivity contribution in [2.24, 2.45) is 0 Å². The molecule has 0 aliphatic rings. The molecule has 0 saturated heterocycles. The van der Waals surface area contributed by atoms with Gasteiger partial charge in [0, 0.05) is 25.0 Å². The van der Waals surface area contributed by atoms with Crippen LogP contribution >= 0.6 is 0 Å². The molecule has 1 aromatic carbocycles. The molecule has 0 spiro atoms. The molecule has 1 heterocycles. The van der Waals surface area contributed by atoms with Crippen LogP contribution in [0.3, 0.4) is 0 Å². The zero-order valence-electron chi connectivity index (χ0n) is 14.0. The van der Waals surface area contributed by atoms with Crippen LogP contribution in [-0.4, -0.2) is 43.0 Å². The van der Waals surface area contributed by atoms with E-state index in [1.807, 2.05) is 37.2 Å². The maximum atomic E-state index is 12.0. The van der Waals surface area contributed by atoms with Crippen LogP contribution in [0, 0.1) is 0 Å². The number of hydrogen-bond donors (Lipinski definition) is 2. The lowest BCUT2D eigenvalue weighted by Crippen LogP contribution is -2.31. The molecule has 2 N–H and O–H groups in total. The summed E-state index contributed by atoms with van der Waals surface area (Å²) in [7, 11) is 3.95. The number of amides is 1. The third kappa shape index (κ3) is 5.38. The van der Waals surface area contributed by atoms with Crippen LogP contribution in [0.4, 0.5) is 11.5 Å². The third-order valence-electron chi connectivity index (χ3n) is 3.50. The van der Waals surface area contributed by atoms with E-state index in [2.05, 4.69) is 34.7 Å². The molecular formula is C18H24N4O. The topological polar surface area (TPSA) is 57.3 Å². The molecule has 0 unspecified atom stereocenters. The lowest BCUT2D eigenvalue weighted by atomic mass is 10.1. The lowest BCUT2D eigenvalue weighted by Gasteiger charge is -2.10. The molecule has 5 heteroatoms. The molecule has 2 rings (SSSR count). The number of benzene rings is 1. The highest BCUT2D eigenvalue weighted by atomic mass is 16.1. The molecule has 0 aliphatic carbocycles. The second-order valence-corrected chi connectivity index (χ2v) is 5.67. The first-order chi connectivity index (χ1) is 11.1. The van der Waals surface area contributed by atoms with Gasteiger partial charge in [-0.25, -0.2) is 4.98 Å². The molecule has 0 radical (unpaired) electrons. The Kier molecular flexibility index (Phi) is 6.11. The Morgan fingerprint density at radius 1 is 1.13 bits per heavy atom. The monoisotopic (exact) mass is 312 g/mol. The summed E-state index contributed by atoms with van der Waals surface area (Å²) in [6.07, 6.45) is 2.61. The molecule has 0 saturated carbocycles. The van der Waals surface area contributed by atoms with Gasteiger partial charge < -0.3 is 15.5 Å². The quantitative estimate of drug-likeness (QED) is 0.825. The highest BCUT2D eigenvalue weighted by molar-refractivity contribution is 5.94. The number of hydrogen-bond acceptors (Lipinski definition) is 4. The van der Waals surface area contributed by atoms with E-state index in [-0.39, 0.29) is 5.91 Å². The standard InChI is InChI=1S/C18H24N4O/c1-4-14-5-8-16(9-6-14)21-17-10-7-15(13-20-17)18(23)19-11-12-22(2)3/h5-10,13H,4,11-12H2,1-3H3,(H,19,23)(H,20,21). The van der Waals surface area contributed by atoms with Gasteiger partial charge in [-0.3, -0.25) is 4.79 Å². The third-order valence-corrected chi connectivity index (χ3v) is 3.50. The van der Waals surface area contributed by atoms with Gasteiger partial charge in [-0.1, -0.05) is 19.1 Å². The van der Waals surface area contributed by atoms with Crippen molar-refractivity contribution in [3.05, 3.63) is 53.7 Å². The Morgan fingerprint density at radius 3 is 2.43 bits per heavy atom. The Hall–Kier alpha value is -2.40. The van der Waals surface area contributed by atoms with Crippen molar-refractivity contribution in [2.45, 2.75) is 13.3 Å². The average Bonchev–Trinajstić information content (AvgIpc) is 2.56. The van der Waals surface area contributed by atoms with Gasteiger partial charge >= 0.3 is 0 Å². The number of pyridine rings is 1. The summed E-state index contributed by atoms with van der Waals surface area (Å²) in [4.78, 5) is 18.3. The largest absolute Gasteiger partial charge is 0.351 e. The normalized spacial score (nSPS) is 10.6. The highest BCUT2D eigenvalue weighted by Crippen LogP contribution is 2.15. The second-order valence-electron chi connectivity index (χ2n) is 5.67. The highest BCUT2D eigenvalue weighted by Gasteiger charge is 2.06. The van der Waals surface area contributed by atoms with Crippen LogP contribution in [0.5, 0.6) is 0 Å². The van der Waals surface area contributed by atoms with E-state index in [4.69, 9.17) is 0 Å². The first kappa shape index (κ1) is 17.0. The first-order valence-electron chi connectivity index (χ1n) is 7.83. The van der Waals surface area contributed by atoms with E-state index in [1.54, 1.807) is 12.3 Å². The van der Waals surface area contributed by atoms with Crippen molar-refractivity contribution >= 4 is 17.4 Å². The summed E-state index contributed by atoms with van der Waals surface area (Å²) in [5.74, 6) is 0.622. The van der Waals surface area contributed by atoms with Gasteiger partial charge in [0.25, 0.3) is 5.91 Å². The second kappa shape index (κ2) is 8.29. The Bertz CT molecular complexity index is 620. The lowest BCUT2D eigenvalue weighted by molar-refractivity contribution is 0.0950. The van der Waals surface area contributed by atoms with E-state index < -0.39 is 0 Å². The molecule has 2 aromatic rings. The molecule has 122 valence electrons. The number of anilines is 2. The van der Waals surface area contributed by atoms with Crippen molar-refractivity contribution in [3.8, 4) is 0 Å². The zero-order chi connectivity index (χ0) is 16.7. The molecule has 0 aliphatic heterocycles. The predicted molar refractivity (Wildman–Crippen MR) is 94.2 cm³/mol. The van der Waals surface area contributed by atoms with Crippen LogP contribution in [0.2, 0.25) is 0 Å². The van der Waals surface area contributed by atoms with Gasteiger partial charge in [-0.2, -0.15) is 0 Å². The molecular weight excluding hydrogens is 288 g/mol. The van der Waals surface area contributed by atoms with Crippen LogP contribution in [-0.2, 0) is 6.42 Å².